The second-order valence-corrected chi connectivity index (χ2v) is 4.43. The molecule has 6 nitrogen and oxygen atoms in total. The van der Waals surface area contributed by atoms with E-state index in [1.54, 1.807) is 12.1 Å². The third-order valence-electron chi connectivity index (χ3n) is 3.02. The third-order valence-corrected chi connectivity index (χ3v) is 3.02. The van der Waals surface area contributed by atoms with Crippen molar-refractivity contribution in [2.24, 2.45) is 5.92 Å². The zero-order chi connectivity index (χ0) is 13.8. The van der Waals surface area contributed by atoms with Crippen LogP contribution in [0, 0.1) is 5.92 Å². The monoisotopic (exact) mass is 262 g/mol. The van der Waals surface area contributed by atoms with Crippen LogP contribution in [0.2, 0.25) is 0 Å². The van der Waals surface area contributed by atoms with Gasteiger partial charge in [0.1, 0.15) is 0 Å². The van der Waals surface area contributed by atoms with Crippen LogP contribution in [0.4, 0.5) is 0 Å². The molecule has 1 saturated heterocycles. The lowest BCUT2D eigenvalue weighted by Crippen LogP contribution is -2.31. The molecule has 0 aliphatic carbocycles. The standard InChI is InChI=1S/C13H14N2O4/c16-11-5-10(7-14-11)12(17)15-6-8-1-3-9(4-2-8)13(18)19/h1-4,10H,5-7H2,(H,14,16)(H,15,17)(H,18,19)/t10-/m0/s1. The molecular formula is C13H14N2O4. The number of rotatable bonds is 4. The van der Waals surface area contributed by atoms with Crippen LogP contribution in [0.1, 0.15) is 22.3 Å². The summed E-state index contributed by atoms with van der Waals surface area (Å²) in [6.07, 6.45) is 0.226. The molecule has 0 radical (unpaired) electrons. The Kier molecular flexibility index (Phi) is 3.79. The topological polar surface area (TPSA) is 95.5 Å². The number of benzene rings is 1. The smallest absolute Gasteiger partial charge is 0.335 e. The number of amides is 2. The summed E-state index contributed by atoms with van der Waals surface area (Å²) in [4.78, 5) is 33.4. The van der Waals surface area contributed by atoms with Gasteiger partial charge in [-0.2, -0.15) is 0 Å². The summed E-state index contributed by atoms with van der Waals surface area (Å²) in [5, 5.41) is 14.1. The van der Waals surface area contributed by atoms with Crippen LogP contribution < -0.4 is 10.6 Å². The average molecular weight is 262 g/mol. The third kappa shape index (κ3) is 3.31. The number of carbonyl (C=O) groups is 3. The Morgan fingerprint density at radius 3 is 2.53 bits per heavy atom. The minimum atomic E-state index is -0.980. The Morgan fingerprint density at radius 2 is 2.00 bits per heavy atom. The number of carboxylic acid groups (broad SMARTS) is 1. The Morgan fingerprint density at radius 1 is 1.32 bits per heavy atom. The highest BCUT2D eigenvalue weighted by Gasteiger charge is 2.27. The summed E-state index contributed by atoms with van der Waals surface area (Å²) < 4.78 is 0. The molecule has 0 bridgehead atoms. The molecule has 19 heavy (non-hydrogen) atoms. The molecule has 1 aromatic carbocycles. The van der Waals surface area contributed by atoms with Crippen molar-refractivity contribution in [3.63, 3.8) is 0 Å². The fourth-order valence-electron chi connectivity index (χ4n) is 1.89. The Bertz CT molecular complexity index is 510. The van der Waals surface area contributed by atoms with Crippen molar-refractivity contribution in [2.75, 3.05) is 6.54 Å². The van der Waals surface area contributed by atoms with Gasteiger partial charge in [-0.25, -0.2) is 4.79 Å². The van der Waals surface area contributed by atoms with E-state index in [2.05, 4.69) is 10.6 Å². The minimum Gasteiger partial charge on any atom is -0.478 e. The maximum absolute atomic E-state index is 11.7. The second kappa shape index (κ2) is 5.51. The molecule has 0 unspecified atom stereocenters. The number of carboxylic acids is 1. The van der Waals surface area contributed by atoms with Gasteiger partial charge in [-0.05, 0) is 17.7 Å². The van der Waals surface area contributed by atoms with Gasteiger partial charge in [-0.3, -0.25) is 9.59 Å². The van der Waals surface area contributed by atoms with Gasteiger partial charge in [0, 0.05) is 19.5 Å². The van der Waals surface area contributed by atoms with Crippen molar-refractivity contribution < 1.29 is 19.5 Å². The van der Waals surface area contributed by atoms with Crippen LogP contribution in [-0.4, -0.2) is 29.4 Å². The highest BCUT2D eigenvalue weighted by Crippen LogP contribution is 2.09. The van der Waals surface area contributed by atoms with Gasteiger partial charge in [0.15, 0.2) is 0 Å². The van der Waals surface area contributed by atoms with E-state index in [1.165, 1.54) is 12.1 Å². The summed E-state index contributed by atoms with van der Waals surface area (Å²) in [6, 6.07) is 6.29. The normalized spacial score (nSPS) is 17.9. The van der Waals surface area contributed by atoms with Crippen LogP contribution in [-0.2, 0) is 16.1 Å². The number of hydrogen-bond donors (Lipinski definition) is 3. The molecule has 1 fully saturated rings. The largest absolute Gasteiger partial charge is 0.478 e. The van der Waals surface area contributed by atoms with E-state index >= 15 is 0 Å². The van der Waals surface area contributed by atoms with Gasteiger partial charge in [-0.1, -0.05) is 12.1 Å². The van der Waals surface area contributed by atoms with E-state index in [0.717, 1.165) is 5.56 Å². The zero-order valence-electron chi connectivity index (χ0n) is 10.2. The summed E-state index contributed by atoms with van der Waals surface area (Å²) in [7, 11) is 0. The van der Waals surface area contributed by atoms with Crippen LogP contribution in [0.3, 0.4) is 0 Å². The molecule has 1 aromatic rings. The van der Waals surface area contributed by atoms with Crippen LogP contribution in [0.25, 0.3) is 0 Å². The zero-order valence-corrected chi connectivity index (χ0v) is 10.2. The van der Waals surface area contributed by atoms with Crippen molar-refractivity contribution in [3.8, 4) is 0 Å². The number of aromatic carboxylic acids is 1. The van der Waals surface area contributed by atoms with Crippen molar-refractivity contribution in [1.82, 2.24) is 10.6 Å². The predicted octanol–water partition coefficient (Wildman–Crippen LogP) is 0.137. The van der Waals surface area contributed by atoms with Crippen molar-refractivity contribution in [2.45, 2.75) is 13.0 Å². The Hall–Kier alpha value is -2.37. The molecule has 1 aliphatic heterocycles. The summed E-state index contributed by atoms with van der Waals surface area (Å²) in [5.74, 6) is -1.57. The Balaban J connectivity index is 1.86. The summed E-state index contributed by atoms with van der Waals surface area (Å²) >= 11 is 0. The number of carbonyl (C=O) groups excluding carboxylic acids is 2. The first-order valence-electron chi connectivity index (χ1n) is 5.93. The van der Waals surface area contributed by atoms with E-state index in [4.69, 9.17) is 5.11 Å². The maximum atomic E-state index is 11.7. The molecule has 1 heterocycles. The fourth-order valence-corrected chi connectivity index (χ4v) is 1.89. The second-order valence-electron chi connectivity index (χ2n) is 4.43. The molecule has 1 aliphatic rings. The summed E-state index contributed by atoms with van der Waals surface area (Å²) in [5.41, 5.74) is 1.02. The molecule has 0 aromatic heterocycles. The molecule has 0 spiro atoms. The van der Waals surface area contributed by atoms with Gasteiger partial charge in [0.2, 0.25) is 11.8 Å². The lowest BCUT2D eigenvalue weighted by Gasteiger charge is -2.09. The number of hydrogen-bond acceptors (Lipinski definition) is 3. The van der Waals surface area contributed by atoms with Gasteiger partial charge in [0.05, 0.1) is 11.5 Å². The first-order valence-corrected chi connectivity index (χ1v) is 5.93. The summed E-state index contributed by atoms with van der Waals surface area (Å²) in [6.45, 7) is 0.700. The van der Waals surface area contributed by atoms with E-state index in [9.17, 15) is 14.4 Å². The van der Waals surface area contributed by atoms with Crippen molar-refractivity contribution in [3.05, 3.63) is 35.4 Å². The van der Waals surface area contributed by atoms with E-state index in [0.29, 0.717) is 13.1 Å². The lowest BCUT2D eigenvalue weighted by molar-refractivity contribution is -0.126. The molecular weight excluding hydrogens is 248 g/mol. The minimum absolute atomic E-state index is 0.106. The number of nitrogens with one attached hydrogen (secondary N) is 2. The van der Waals surface area contributed by atoms with E-state index in [1.807, 2.05) is 0 Å². The van der Waals surface area contributed by atoms with Crippen LogP contribution >= 0.6 is 0 Å². The fraction of sp³-hybridized carbons (Fsp3) is 0.308. The molecule has 1 atom stereocenters. The van der Waals surface area contributed by atoms with Crippen molar-refractivity contribution in [1.29, 1.82) is 0 Å². The van der Waals surface area contributed by atoms with Gasteiger partial charge in [-0.15, -0.1) is 0 Å². The highest BCUT2D eigenvalue weighted by molar-refractivity contribution is 5.89. The molecule has 0 saturated carbocycles. The average Bonchev–Trinajstić information content (AvgIpc) is 2.83. The van der Waals surface area contributed by atoms with Crippen LogP contribution in [0.15, 0.2) is 24.3 Å². The molecule has 100 valence electrons. The van der Waals surface area contributed by atoms with Gasteiger partial charge < -0.3 is 15.7 Å². The van der Waals surface area contributed by atoms with Gasteiger partial charge >= 0.3 is 5.97 Å². The highest BCUT2D eigenvalue weighted by atomic mass is 16.4. The molecule has 3 N–H and O–H groups in total. The molecule has 2 amide bonds. The lowest BCUT2D eigenvalue weighted by atomic mass is 10.1. The first kappa shape index (κ1) is 13.1. The predicted molar refractivity (Wildman–Crippen MR) is 66.4 cm³/mol. The van der Waals surface area contributed by atoms with Crippen LogP contribution in [0.5, 0.6) is 0 Å². The quantitative estimate of drug-likeness (QED) is 0.719. The van der Waals surface area contributed by atoms with Gasteiger partial charge in [0.25, 0.3) is 0 Å². The maximum Gasteiger partial charge on any atom is 0.335 e. The SMILES string of the molecule is O=C1C[C@H](C(=O)NCc2ccc(C(=O)O)cc2)CN1. The Labute approximate surface area is 109 Å². The van der Waals surface area contributed by atoms with E-state index < -0.39 is 5.97 Å². The van der Waals surface area contributed by atoms with Crippen molar-refractivity contribution >= 4 is 17.8 Å². The van der Waals surface area contributed by atoms with E-state index in [-0.39, 0.29) is 29.7 Å². The molecule has 2 rings (SSSR count). The first-order chi connectivity index (χ1) is 9.06. The molecule has 6 heteroatoms.